The summed E-state index contributed by atoms with van der Waals surface area (Å²) in [4.78, 5) is 14.1. The molecule has 1 heterocycles. The first-order chi connectivity index (χ1) is 16.2. The Kier molecular flexibility index (Phi) is 7.62. The van der Waals surface area contributed by atoms with E-state index in [1.165, 1.54) is 11.0 Å². The summed E-state index contributed by atoms with van der Waals surface area (Å²) < 4.78 is 50.5. The van der Waals surface area contributed by atoms with E-state index in [0.717, 1.165) is 6.08 Å². The summed E-state index contributed by atoms with van der Waals surface area (Å²) >= 11 is 0. The van der Waals surface area contributed by atoms with Crippen LogP contribution < -0.4 is 5.32 Å². The van der Waals surface area contributed by atoms with Crippen LogP contribution in [-0.2, 0) is 11.3 Å². The van der Waals surface area contributed by atoms with Crippen LogP contribution in [0, 0.1) is 5.92 Å². The van der Waals surface area contributed by atoms with Crippen molar-refractivity contribution < 1.29 is 27.1 Å². The molecule has 1 aromatic heterocycles. The second kappa shape index (κ2) is 10.1. The first kappa shape index (κ1) is 26.3. The first-order valence-electron chi connectivity index (χ1n) is 11.4. The molecule has 35 heavy (non-hydrogen) atoms. The number of anilines is 1. The highest BCUT2D eigenvalue weighted by molar-refractivity contribution is 5.74. The van der Waals surface area contributed by atoms with Gasteiger partial charge in [-0.05, 0) is 59.2 Å². The minimum atomic E-state index is -4.34. The zero-order valence-corrected chi connectivity index (χ0v) is 20.7. The van der Waals surface area contributed by atoms with Crippen LogP contribution in [0.5, 0.6) is 0 Å². The lowest BCUT2D eigenvalue weighted by Crippen LogP contribution is -2.40. The lowest BCUT2D eigenvalue weighted by atomic mass is 9.92. The van der Waals surface area contributed by atoms with Crippen LogP contribution in [0.1, 0.15) is 53.9 Å². The number of allylic oxidation sites excluding steroid dienone is 4. The second-order valence-corrected chi connectivity index (χ2v) is 9.79. The van der Waals surface area contributed by atoms with Crippen molar-refractivity contribution in [2.24, 2.45) is 5.92 Å². The Balaban J connectivity index is 1.81. The van der Waals surface area contributed by atoms with Gasteiger partial charge in [-0.25, -0.2) is 4.79 Å². The standard InChI is InChI=1S/C25H31F3N4O3/c1-15(2)32(23(33)35-24(4,5)6)14-21-30-31-22(34-21)18-9-7-8-10-20(18)29-19-12-11-17(13-16(19)3)25(26,27)28/h7-12,15-16,29H,13-14H2,1-6H3. The molecule has 2 aromatic rings. The number of carbonyl (C=O) groups excluding carboxylic acids is 1. The first-order valence-corrected chi connectivity index (χ1v) is 11.4. The maximum absolute atomic E-state index is 13.0. The average molecular weight is 493 g/mol. The van der Waals surface area contributed by atoms with Gasteiger partial charge in [0.15, 0.2) is 0 Å². The topological polar surface area (TPSA) is 80.5 Å². The van der Waals surface area contributed by atoms with E-state index in [4.69, 9.17) is 9.15 Å². The molecule has 0 saturated carbocycles. The van der Waals surface area contributed by atoms with Gasteiger partial charge in [-0.15, -0.1) is 10.2 Å². The van der Waals surface area contributed by atoms with Gasteiger partial charge >= 0.3 is 12.3 Å². The van der Waals surface area contributed by atoms with E-state index in [2.05, 4.69) is 15.5 Å². The molecule has 0 radical (unpaired) electrons. The Morgan fingerprint density at radius 2 is 1.89 bits per heavy atom. The number of halogens is 3. The molecule has 1 aliphatic rings. The molecule has 0 spiro atoms. The molecular weight excluding hydrogens is 461 g/mol. The number of amides is 1. The minimum absolute atomic E-state index is 0.0718. The number of ether oxygens (including phenoxy) is 1. The van der Waals surface area contributed by atoms with Gasteiger partial charge in [0.05, 0.1) is 11.3 Å². The van der Waals surface area contributed by atoms with Crippen molar-refractivity contribution in [2.45, 2.75) is 72.3 Å². The average Bonchev–Trinajstić information content (AvgIpc) is 3.20. The summed E-state index contributed by atoms with van der Waals surface area (Å²) in [6.45, 7) is 10.9. The molecule has 0 fully saturated rings. The van der Waals surface area contributed by atoms with Gasteiger partial charge in [-0.3, -0.25) is 4.90 Å². The Hall–Kier alpha value is -3.30. The molecule has 1 unspecified atom stereocenters. The molecule has 0 aliphatic heterocycles. The molecule has 190 valence electrons. The predicted molar refractivity (Wildman–Crippen MR) is 126 cm³/mol. The maximum Gasteiger partial charge on any atom is 0.412 e. The van der Waals surface area contributed by atoms with E-state index >= 15 is 0 Å². The summed E-state index contributed by atoms with van der Waals surface area (Å²) in [7, 11) is 0. The smallest absolute Gasteiger partial charge is 0.412 e. The van der Waals surface area contributed by atoms with Crippen LogP contribution in [0.25, 0.3) is 11.5 Å². The van der Waals surface area contributed by atoms with Crippen LogP contribution in [0.15, 0.2) is 52.1 Å². The Bertz CT molecular complexity index is 1110. The van der Waals surface area contributed by atoms with Crippen LogP contribution in [0.2, 0.25) is 0 Å². The third kappa shape index (κ3) is 6.86. The van der Waals surface area contributed by atoms with Crippen molar-refractivity contribution >= 4 is 11.8 Å². The largest absolute Gasteiger partial charge is 0.444 e. The van der Waals surface area contributed by atoms with Gasteiger partial charge in [0.2, 0.25) is 11.8 Å². The summed E-state index contributed by atoms with van der Waals surface area (Å²) in [5.41, 5.74) is 0.678. The van der Waals surface area contributed by atoms with Crippen molar-refractivity contribution in [1.82, 2.24) is 15.1 Å². The van der Waals surface area contributed by atoms with E-state index < -0.39 is 23.4 Å². The number of hydrogen-bond donors (Lipinski definition) is 1. The quantitative estimate of drug-likeness (QED) is 0.483. The molecule has 1 amide bonds. The van der Waals surface area contributed by atoms with Crippen molar-refractivity contribution in [3.8, 4) is 11.5 Å². The number of alkyl halides is 3. The highest BCUT2D eigenvalue weighted by atomic mass is 19.4. The molecule has 7 nitrogen and oxygen atoms in total. The van der Waals surface area contributed by atoms with Gasteiger partial charge in [0, 0.05) is 23.2 Å². The van der Waals surface area contributed by atoms with Crippen molar-refractivity contribution in [3.63, 3.8) is 0 Å². The number of nitrogens with zero attached hydrogens (tertiary/aromatic N) is 3. The van der Waals surface area contributed by atoms with Crippen LogP contribution in [-0.4, -0.2) is 39.0 Å². The summed E-state index contributed by atoms with van der Waals surface area (Å²) in [5, 5.41) is 11.4. The highest BCUT2D eigenvalue weighted by Crippen LogP contribution is 2.37. The molecule has 3 rings (SSSR count). The lowest BCUT2D eigenvalue weighted by molar-refractivity contribution is -0.0950. The van der Waals surface area contributed by atoms with Crippen LogP contribution >= 0.6 is 0 Å². The Morgan fingerprint density at radius 1 is 1.20 bits per heavy atom. The molecule has 1 aromatic carbocycles. The van der Waals surface area contributed by atoms with Gasteiger partial charge in [-0.2, -0.15) is 13.2 Å². The fraction of sp³-hybridized carbons (Fsp3) is 0.480. The maximum atomic E-state index is 13.0. The van der Waals surface area contributed by atoms with Crippen molar-refractivity contribution in [2.75, 3.05) is 5.32 Å². The number of para-hydroxylation sites is 1. The fourth-order valence-corrected chi connectivity index (χ4v) is 3.52. The number of rotatable bonds is 6. The number of hydrogen-bond acceptors (Lipinski definition) is 6. The number of nitrogens with one attached hydrogen (secondary N) is 1. The Morgan fingerprint density at radius 3 is 2.49 bits per heavy atom. The SMILES string of the molecule is CC1CC(C(F)(F)F)=CC=C1Nc1ccccc1-c1nnc(CN(C(=O)OC(C)(C)C)C(C)C)o1. The molecular formula is C25H31F3N4O3. The van der Waals surface area contributed by atoms with E-state index in [0.29, 0.717) is 16.9 Å². The molecule has 1 aliphatic carbocycles. The van der Waals surface area contributed by atoms with E-state index in [-0.39, 0.29) is 36.7 Å². The molecule has 1 N–H and O–H groups in total. The summed E-state index contributed by atoms with van der Waals surface area (Å²) in [5.74, 6) is 0.111. The second-order valence-electron chi connectivity index (χ2n) is 9.79. The molecule has 0 saturated heterocycles. The van der Waals surface area contributed by atoms with Gasteiger partial charge in [0.25, 0.3) is 0 Å². The summed E-state index contributed by atoms with van der Waals surface area (Å²) in [6, 6.07) is 7.00. The predicted octanol–water partition coefficient (Wildman–Crippen LogP) is 6.71. The van der Waals surface area contributed by atoms with E-state index in [1.54, 1.807) is 52.0 Å². The number of carbonyl (C=O) groups is 1. The minimum Gasteiger partial charge on any atom is -0.444 e. The third-order valence-corrected chi connectivity index (χ3v) is 5.35. The molecule has 10 heteroatoms. The van der Waals surface area contributed by atoms with Gasteiger partial charge in [-0.1, -0.05) is 25.1 Å². The van der Waals surface area contributed by atoms with Crippen molar-refractivity contribution in [1.29, 1.82) is 0 Å². The fourth-order valence-electron chi connectivity index (χ4n) is 3.52. The highest BCUT2D eigenvalue weighted by Gasteiger charge is 2.36. The summed E-state index contributed by atoms with van der Waals surface area (Å²) in [6.07, 6.45) is -2.37. The Labute approximate surface area is 203 Å². The monoisotopic (exact) mass is 492 g/mol. The number of aromatic nitrogens is 2. The lowest BCUT2D eigenvalue weighted by Gasteiger charge is -2.29. The van der Waals surface area contributed by atoms with Gasteiger partial charge in [0.1, 0.15) is 12.1 Å². The third-order valence-electron chi connectivity index (χ3n) is 5.35. The normalized spacial score (nSPS) is 16.6. The van der Waals surface area contributed by atoms with E-state index in [1.807, 2.05) is 13.8 Å². The van der Waals surface area contributed by atoms with Crippen LogP contribution in [0.3, 0.4) is 0 Å². The van der Waals surface area contributed by atoms with Gasteiger partial charge < -0.3 is 14.5 Å². The van der Waals surface area contributed by atoms with Crippen molar-refractivity contribution in [3.05, 3.63) is 53.6 Å². The van der Waals surface area contributed by atoms with E-state index in [9.17, 15) is 18.0 Å². The van der Waals surface area contributed by atoms with Crippen LogP contribution in [0.4, 0.5) is 23.7 Å². The number of benzene rings is 1. The zero-order chi connectivity index (χ0) is 26.0. The molecule has 0 bridgehead atoms. The molecule has 1 atom stereocenters. The zero-order valence-electron chi connectivity index (χ0n) is 20.7.